The third kappa shape index (κ3) is 2.00. The van der Waals surface area contributed by atoms with Crippen LogP contribution in [0.4, 0.5) is 5.69 Å². The molecule has 3 nitrogen and oxygen atoms in total. The van der Waals surface area contributed by atoms with Crippen molar-refractivity contribution in [1.82, 2.24) is 0 Å². The average Bonchev–Trinajstić information content (AvgIpc) is 2.17. The molecule has 4 heteroatoms. The molecular weight excluding hydrogens is 258 g/mol. The van der Waals surface area contributed by atoms with E-state index < -0.39 is 6.10 Å². The Balaban J connectivity index is 2.34. The number of halogens is 1. The van der Waals surface area contributed by atoms with Gasteiger partial charge in [0.1, 0.15) is 5.75 Å². The van der Waals surface area contributed by atoms with Crippen molar-refractivity contribution in [2.24, 2.45) is 5.92 Å². The van der Waals surface area contributed by atoms with Gasteiger partial charge in [0.15, 0.2) is 6.10 Å². The van der Waals surface area contributed by atoms with Gasteiger partial charge in [0.25, 0.3) is 5.91 Å². The van der Waals surface area contributed by atoms with E-state index >= 15 is 0 Å². The topological polar surface area (TPSA) is 38.3 Å². The van der Waals surface area contributed by atoms with Crippen molar-refractivity contribution in [3.8, 4) is 5.75 Å². The summed E-state index contributed by atoms with van der Waals surface area (Å²) in [5, 5.41) is 2.83. The van der Waals surface area contributed by atoms with Gasteiger partial charge in [-0.05, 0) is 24.1 Å². The Kier molecular flexibility index (Phi) is 2.69. The highest BCUT2D eigenvalue weighted by Gasteiger charge is 2.29. The molecule has 0 aromatic heterocycles. The van der Waals surface area contributed by atoms with E-state index in [1.54, 1.807) is 0 Å². The Morgan fingerprint density at radius 3 is 2.87 bits per heavy atom. The van der Waals surface area contributed by atoms with Gasteiger partial charge in [0, 0.05) is 4.47 Å². The predicted octanol–water partition coefficient (Wildman–Crippen LogP) is 2.80. The van der Waals surface area contributed by atoms with Gasteiger partial charge in [-0.3, -0.25) is 4.79 Å². The summed E-state index contributed by atoms with van der Waals surface area (Å²) in [5.74, 6) is 0.819. The zero-order valence-corrected chi connectivity index (χ0v) is 10.2. The monoisotopic (exact) mass is 269 g/mol. The van der Waals surface area contributed by atoms with E-state index in [9.17, 15) is 4.79 Å². The zero-order chi connectivity index (χ0) is 11.0. The maximum Gasteiger partial charge on any atom is 0.265 e. The van der Waals surface area contributed by atoms with E-state index in [4.69, 9.17) is 4.74 Å². The number of anilines is 1. The Bertz CT molecular complexity index is 404. The molecule has 0 saturated carbocycles. The number of ether oxygens (including phenoxy) is 1. The molecule has 0 radical (unpaired) electrons. The van der Waals surface area contributed by atoms with Crippen LogP contribution in [0.3, 0.4) is 0 Å². The maximum atomic E-state index is 11.6. The van der Waals surface area contributed by atoms with Crippen molar-refractivity contribution in [3.63, 3.8) is 0 Å². The average molecular weight is 270 g/mol. The number of carbonyl (C=O) groups is 1. The first kappa shape index (κ1) is 10.5. The normalized spacial score (nSPS) is 19.5. The molecular formula is C11H12BrNO2. The first-order chi connectivity index (χ1) is 7.08. The molecule has 15 heavy (non-hydrogen) atoms. The molecule has 0 bridgehead atoms. The number of fused-ring (bicyclic) bond motifs is 1. The first-order valence-corrected chi connectivity index (χ1v) is 5.64. The molecule has 1 atom stereocenters. The van der Waals surface area contributed by atoms with Crippen molar-refractivity contribution in [3.05, 3.63) is 22.7 Å². The van der Waals surface area contributed by atoms with Crippen molar-refractivity contribution < 1.29 is 9.53 Å². The number of hydrogen-bond acceptors (Lipinski definition) is 2. The summed E-state index contributed by atoms with van der Waals surface area (Å²) in [7, 11) is 0. The third-order valence-corrected chi connectivity index (χ3v) is 2.81. The van der Waals surface area contributed by atoms with E-state index in [2.05, 4.69) is 21.2 Å². The maximum absolute atomic E-state index is 11.6. The van der Waals surface area contributed by atoms with Gasteiger partial charge in [-0.15, -0.1) is 0 Å². The lowest BCUT2D eigenvalue weighted by Gasteiger charge is -2.28. The molecule has 1 aromatic carbocycles. The van der Waals surface area contributed by atoms with Crippen LogP contribution in [0.25, 0.3) is 0 Å². The molecule has 1 amide bonds. The smallest absolute Gasteiger partial charge is 0.265 e. The van der Waals surface area contributed by atoms with E-state index in [0.717, 1.165) is 15.9 Å². The molecule has 2 rings (SSSR count). The van der Waals surface area contributed by atoms with E-state index in [1.807, 2.05) is 32.0 Å². The van der Waals surface area contributed by atoms with Crippen LogP contribution < -0.4 is 10.1 Å². The third-order valence-electron chi connectivity index (χ3n) is 2.32. The van der Waals surface area contributed by atoms with Gasteiger partial charge in [-0.25, -0.2) is 0 Å². The van der Waals surface area contributed by atoms with E-state index in [0.29, 0.717) is 0 Å². The van der Waals surface area contributed by atoms with Crippen LogP contribution in [0.1, 0.15) is 13.8 Å². The van der Waals surface area contributed by atoms with Gasteiger partial charge in [0.2, 0.25) is 0 Å². The lowest BCUT2D eigenvalue weighted by Crippen LogP contribution is -2.40. The summed E-state index contributed by atoms with van der Waals surface area (Å²) < 4.78 is 6.59. The molecule has 0 fully saturated rings. The van der Waals surface area contributed by atoms with Crippen molar-refractivity contribution in [2.45, 2.75) is 20.0 Å². The zero-order valence-electron chi connectivity index (χ0n) is 8.58. The Morgan fingerprint density at radius 1 is 1.47 bits per heavy atom. The first-order valence-electron chi connectivity index (χ1n) is 4.85. The molecule has 1 aromatic rings. The van der Waals surface area contributed by atoms with Gasteiger partial charge in [-0.1, -0.05) is 29.8 Å². The highest BCUT2D eigenvalue weighted by molar-refractivity contribution is 9.10. The second-order valence-corrected chi connectivity index (χ2v) is 4.83. The highest BCUT2D eigenvalue weighted by atomic mass is 79.9. The van der Waals surface area contributed by atoms with Gasteiger partial charge in [-0.2, -0.15) is 0 Å². The van der Waals surface area contributed by atoms with Gasteiger partial charge in [0.05, 0.1) is 5.69 Å². The predicted molar refractivity (Wildman–Crippen MR) is 62.0 cm³/mol. The van der Waals surface area contributed by atoms with Crippen molar-refractivity contribution in [1.29, 1.82) is 0 Å². The standard InChI is InChI=1S/C11H12BrNO2/c1-6(2)10-11(14)13-8-4-3-7(12)5-9(8)15-10/h3-6,10H,1-2H3,(H,13,14). The van der Waals surface area contributed by atoms with Crippen molar-refractivity contribution in [2.75, 3.05) is 5.32 Å². The SMILES string of the molecule is CC(C)C1Oc2cc(Br)ccc2NC1=O. The highest BCUT2D eigenvalue weighted by Crippen LogP contribution is 2.33. The molecule has 1 N–H and O–H groups in total. The second-order valence-electron chi connectivity index (χ2n) is 3.91. The molecule has 1 aliphatic rings. The summed E-state index contributed by atoms with van der Waals surface area (Å²) in [6.07, 6.45) is -0.396. The number of benzene rings is 1. The van der Waals surface area contributed by atoms with Crippen LogP contribution in [0.15, 0.2) is 22.7 Å². The van der Waals surface area contributed by atoms with Crippen LogP contribution in [0.5, 0.6) is 5.75 Å². The van der Waals surface area contributed by atoms with Crippen LogP contribution in [0, 0.1) is 5.92 Å². The molecule has 1 aliphatic heterocycles. The largest absolute Gasteiger partial charge is 0.478 e. The summed E-state index contributed by atoms with van der Waals surface area (Å²) in [5.41, 5.74) is 0.736. The molecule has 0 aliphatic carbocycles. The fraction of sp³-hybridized carbons (Fsp3) is 0.364. The Morgan fingerprint density at radius 2 is 2.20 bits per heavy atom. The minimum absolute atomic E-state index is 0.0696. The van der Waals surface area contributed by atoms with Crippen LogP contribution in [0.2, 0.25) is 0 Å². The second kappa shape index (κ2) is 3.85. The van der Waals surface area contributed by atoms with Gasteiger partial charge < -0.3 is 10.1 Å². The number of carbonyl (C=O) groups excluding carboxylic acids is 1. The Labute approximate surface area is 96.9 Å². The molecule has 80 valence electrons. The van der Waals surface area contributed by atoms with Crippen molar-refractivity contribution >= 4 is 27.5 Å². The number of amides is 1. The number of rotatable bonds is 1. The fourth-order valence-corrected chi connectivity index (χ4v) is 1.87. The van der Waals surface area contributed by atoms with Crippen LogP contribution >= 0.6 is 15.9 Å². The quantitative estimate of drug-likeness (QED) is 0.852. The minimum Gasteiger partial charge on any atom is -0.478 e. The molecule has 1 heterocycles. The Hall–Kier alpha value is -1.03. The van der Waals surface area contributed by atoms with E-state index in [1.165, 1.54) is 0 Å². The number of nitrogens with one attached hydrogen (secondary N) is 1. The summed E-state index contributed by atoms with van der Waals surface area (Å²) in [4.78, 5) is 11.6. The van der Waals surface area contributed by atoms with Gasteiger partial charge >= 0.3 is 0 Å². The van der Waals surface area contributed by atoms with Crippen LogP contribution in [-0.2, 0) is 4.79 Å². The minimum atomic E-state index is -0.396. The lowest BCUT2D eigenvalue weighted by molar-refractivity contribution is -0.125. The summed E-state index contributed by atoms with van der Waals surface area (Å²) >= 11 is 3.37. The summed E-state index contributed by atoms with van der Waals surface area (Å²) in [6.45, 7) is 3.93. The fourth-order valence-electron chi connectivity index (χ4n) is 1.53. The lowest BCUT2D eigenvalue weighted by atomic mass is 10.0. The molecule has 0 saturated heterocycles. The van der Waals surface area contributed by atoms with Crippen LogP contribution in [-0.4, -0.2) is 12.0 Å². The summed E-state index contributed by atoms with van der Waals surface area (Å²) in [6, 6.07) is 5.57. The molecule has 1 unspecified atom stereocenters. The number of hydrogen-bond donors (Lipinski definition) is 1. The molecule has 0 spiro atoms. The van der Waals surface area contributed by atoms with E-state index in [-0.39, 0.29) is 11.8 Å².